The predicted molar refractivity (Wildman–Crippen MR) is 99.7 cm³/mol. The van der Waals surface area contributed by atoms with Crippen molar-refractivity contribution in [3.8, 4) is 0 Å². The van der Waals surface area contributed by atoms with E-state index in [0.29, 0.717) is 12.6 Å². The lowest BCUT2D eigenvalue weighted by atomic mass is 10.1. The van der Waals surface area contributed by atoms with E-state index < -0.39 is 0 Å². The van der Waals surface area contributed by atoms with Crippen molar-refractivity contribution in [1.29, 1.82) is 0 Å². The molecule has 1 aliphatic carbocycles. The van der Waals surface area contributed by atoms with Crippen LogP contribution >= 0.6 is 0 Å². The van der Waals surface area contributed by atoms with Crippen LogP contribution in [0.4, 0.5) is 0 Å². The summed E-state index contributed by atoms with van der Waals surface area (Å²) in [4.78, 5) is 16.6. The third-order valence-corrected chi connectivity index (χ3v) is 6.22. The van der Waals surface area contributed by atoms with Crippen molar-refractivity contribution < 1.29 is 9.53 Å². The summed E-state index contributed by atoms with van der Waals surface area (Å²) in [6.07, 6.45) is 10.7. The first kappa shape index (κ1) is 18.0. The van der Waals surface area contributed by atoms with E-state index in [-0.39, 0.29) is 12.5 Å². The van der Waals surface area contributed by atoms with Gasteiger partial charge in [-0.25, -0.2) is 0 Å². The van der Waals surface area contributed by atoms with Gasteiger partial charge < -0.3 is 9.64 Å². The van der Waals surface area contributed by atoms with E-state index in [1.54, 1.807) is 0 Å². The predicted octanol–water partition coefficient (Wildman–Crippen LogP) is 2.46. The molecule has 0 aromatic carbocycles. The van der Waals surface area contributed by atoms with E-state index in [1.165, 1.54) is 37.9 Å². The van der Waals surface area contributed by atoms with Gasteiger partial charge in [0.05, 0.1) is 11.7 Å². The molecule has 1 saturated heterocycles. The first-order valence-electron chi connectivity index (χ1n) is 10.4. The van der Waals surface area contributed by atoms with Crippen molar-refractivity contribution in [2.24, 2.45) is 5.92 Å². The summed E-state index contributed by atoms with van der Waals surface area (Å²) >= 11 is 0. The van der Waals surface area contributed by atoms with Gasteiger partial charge in [-0.3, -0.25) is 14.4 Å². The van der Waals surface area contributed by atoms with Crippen LogP contribution in [0.15, 0.2) is 12.3 Å². The maximum absolute atomic E-state index is 12.1. The zero-order chi connectivity index (χ0) is 17.8. The molecular weight excluding hydrogens is 328 g/mol. The zero-order valence-corrected chi connectivity index (χ0v) is 15.8. The molecule has 0 N–H and O–H groups in total. The number of hydrogen-bond donors (Lipinski definition) is 0. The molecule has 2 aliphatic heterocycles. The van der Waals surface area contributed by atoms with Gasteiger partial charge in [-0.05, 0) is 44.1 Å². The monoisotopic (exact) mass is 360 g/mol. The lowest BCUT2D eigenvalue weighted by molar-refractivity contribution is -0.135. The highest BCUT2D eigenvalue weighted by atomic mass is 16.5. The third kappa shape index (κ3) is 4.29. The minimum absolute atomic E-state index is 0.147. The molecule has 3 heterocycles. The summed E-state index contributed by atoms with van der Waals surface area (Å²) < 4.78 is 7.90. The van der Waals surface area contributed by atoms with Crippen LogP contribution in [0.3, 0.4) is 0 Å². The lowest BCUT2D eigenvalue weighted by Crippen LogP contribution is -2.40. The summed E-state index contributed by atoms with van der Waals surface area (Å²) in [7, 11) is 0. The number of carbonyl (C=O) groups is 1. The molecule has 0 radical (unpaired) electrons. The number of amides is 1. The Morgan fingerprint density at radius 3 is 2.81 bits per heavy atom. The largest absolute Gasteiger partial charge is 0.372 e. The van der Waals surface area contributed by atoms with Crippen molar-refractivity contribution in [2.45, 2.75) is 57.5 Å². The Labute approximate surface area is 156 Å². The molecule has 4 rings (SSSR count). The van der Waals surface area contributed by atoms with E-state index >= 15 is 0 Å². The summed E-state index contributed by atoms with van der Waals surface area (Å²) in [5.74, 6) is 1.02. The highest BCUT2D eigenvalue weighted by molar-refractivity contribution is 5.77. The maximum Gasteiger partial charge on any atom is 0.248 e. The number of fused-ring (bicyclic) bond motifs is 1. The molecule has 1 saturated carbocycles. The van der Waals surface area contributed by atoms with Crippen LogP contribution in [0.1, 0.15) is 56.7 Å². The third-order valence-electron chi connectivity index (χ3n) is 6.22. The summed E-state index contributed by atoms with van der Waals surface area (Å²) in [6, 6.07) is 2.50. The van der Waals surface area contributed by atoms with Gasteiger partial charge in [-0.2, -0.15) is 5.10 Å². The average Bonchev–Trinajstić information content (AvgIpc) is 3.40. The fourth-order valence-corrected chi connectivity index (χ4v) is 4.81. The minimum Gasteiger partial charge on any atom is -0.372 e. The van der Waals surface area contributed by atoms with Gasteiger partial charge in [0.25, 0.3) is 0 Å². The Hall–Kier alpha value is -1.40. The Bertz CT molecular complexity index is 590. The van der Waals surface area contributed by atoms with Gasteiger partial charge in [-0.15, -0.1) is 0 Å². The fourth-order valence-electron chi connectivity index (χ4n) is 4.81. The summed E-state index contributed by atoms with van der Waals surface area (Å²) in [6.45, 7) is 5.94. The van der Waals surface area contributed by atoms with E-state index in [2.05, 4.69) is 20.7 Å². The van der Waals surface area contributed by atoms with Gasteiger partial charge >= 0.3 is 0 Å². The Kier molecular flexibility index (Phi) is 5.90. The number of likely N-dealkylation sites (tertiary alicyclic amines) is 1. The normalized spacial score (nSPS) is 24.3. The molecule has 1 atom stereocenters. The standard InChI is InChI=1S/C20H32N4O2/c25-20(23-10-3-4-11-23)16-26-12-8-19-15-22(13-17-5-1-2-6-17)14-18-7-9-21-24(18)19/h7,9,17,19H,1-6,8,10-16H2/t19-/m1/s1. The van der Waals surface area contributed by atoms with E-state index in [4.69, 9.17) is 4.74 Å². The van der Waals surface area contributed by atoms with Gasteiger partial charge in [0.1, 0.15) is 6.61 Å². The minimum atomic E-state index is 0.147. The average molecular weight is 361 g/mol. The highest BCUT2D eigenvalue weighted by Crippen LogP contribution is 2.29. The lowest BCUT2D eigenvalue weighted by Gasteiger charge is -2.35. The van der Waals surface area contributed by atoms with Crippen molar-refractivity contribution in [2.75, 3.05) is 39.4 Å². The molecule has 26 heavy (non-hydrogen) atoms. The molecule has 1 aromatic rings. The van der Waals surface area contributed by atoms with Gasteiger partial charge in [0.15, 0.2) is 0 Å². The zero-order valence-electron chi connectivity index (χ0n) is 15.8. The molecule has 2 fully saturated rings. The number of carbonyl (C=O) groups excluding carboxylic acids is 1. The van der Waals surface area contributed by atoms with Crippen LogP contribution in [0.5, 0.6) is 0 Å². The number of nitrogens with zero attached hydrogens (tertiary/aromatic N) is 4. The Morgan fingerprint density at radius 2 is 2.00 bits per heavy atom. The topological polar surface area (TPSA) is 50.6 Å². The van der Waals surface area contributed by atoms with Crippen LogP contribution < -0.4 is 0 Å². The van der Waals surface area contributed by atoms with Crippen LogP contribution in [0.2, 0.25) is 0 Å². The highest BCUT2D eigenvalue weighted by Gasteiger charge is 2.28. The van der Waals surface area contributed by atoms with Gasteiger partial charge in [0.2, 0.25) is 5.91 Å². The van der Waals surface area contributed by atoms with Crippen LogP contribution in [0, 0.1) is 5.92 Å². The molecule has 1 aromatic heterocycles. The molecular formula is C20H32N4O2. The molecule has 0 spiro atoms. The fraction of sp³-hybridized carbons (Fsp3) is 0.800. The molecule has 0 unspecified atom stereocenters. The van der Waals surface area contributed by atoms with Gasteiger partial charge in [0, 0.05) is 45.5 Å². The van der Waals surface area contributed by atoms with E-state index in [0.717, 1.165) is 51.4 Å². The molecule has 1 amide bonds. The van der Waals surface area contributed by atoms with Crippen molar-refractivity contribution in [1.82, 2.24) is 19.6 Å². The van der Waals surface area contributed by atoms with Gasteiger partial charge in [-0.1, -0.05) is 12.8 Å². The molecule has 144 valence electrons. The molecule has 6 heteroatoms. The smallest absolute Gasteiger partial charge is 0.248 e. The van der Waals surface area contributed by atoms with Crippen molar-refractivity contribution in [3.63, 3.8) is 0 Å². The first-order valence-corrected chi connectivity index (χ1v) is 10.4. The second-order valence-electron chi connectivity index (χ2n) is 8.19. The second-order valence-corrected chi connectivity index (χ2v) is 8.19. The molecule has 0 bridgehead atoms. The molecule has 6 nitrogen and oxygen atoms in total. The summed E-state index contributed by atoms with van der Waals surface area (Å²) in [5, 5.41) is 4.54. The van der Waals surface area contributed by atoms with E-state index in [1.807, 2.05) is 11.1 Å². The van der Waals surface area contributed by atoms with Crippen molar-refractivity contribution in [3.05, 3.63) is 18.0 Å². The number of ether oxygens (including phenoxy) is 1. The Balaban J connectivity index is 1.25. The number of hydrogen-bond acceptors (Lipinski definition) is 4. The quantitative estimate of drug-likeness (QED) is 0.701. The maximum atomic E-state index is 12.1. The second kappa shape index (κ2) is 8.53. The molecule has 3 aliphatic rings. The number of rotatable bonds is 7. The summed E-state index contributed by atoms with van der Waals surface area (Å²) in [5.41, 5.74) is 1.31. The van der Waals surface area contributed by atoms with Crippen LogP contribution in [-0.2, 0) is 16.1 Å². The van der Waals surface area contributed by atoms with Crippen LogP contribution in [-0.4, -0.2) is 64.9 Å². The first-order chi connectivity index (χ1) is 12.8. The number of aromatic nitrogens is 2. The SMILES string of the molecule is O=C(COCC[C@@H]1CN(CC2CCCC2)Cc2ccnn21)N1CCCC1. The van der Waals surface area contributed by atoms with E-state index in [9.17, 15) is 4.79 Å². The van der Waals surface area contributed by atoms with Crippen molar-refractivity contribution >= 4 is 5.91 Å². The van der Waals surface area contributed by atoms with Crippen LogP contribution in [0.25, 0.3) is 0 Å². The Morgan fingerprint density at radius 1 is 1.19 bits per heavy atom.